The number of hydrogen-bond donors (Lipinski definition) is 3. The summed E-state index contributed by atoms with van der Waals surface area (Å²) in [7, 11) is 0. The predicted molar refractivity (Wildman–Crippen MR) is 95.8 cm³/mol. The van der Waals surface area contributed by atoms with E-state index in [1.54, 1.807) is 12.1 Å². The molecule has 4 amide bonds. The highest BCUT2D eigenvalue weighted by molar-refractivity contribution is 6.24. The lowest BCUT2D eigenvalue weighted by Crippen LogP contribution is -2.54. The molecule has 3 heterocycles. The number of carbonyl (C=O) groups is 4. The van der Waals surface area contributed by atoms with Crippen LogP contribution in [0.2, 0.25) is 0 Å². The summed E-state index contributed by atoms with van der Waals surface area (Å²) in [6, 6.07) is 4.92. The Hall–Kier alpha value is -2.58. The van der Waals surface area contributed by atoms with Crippen LogP contribution < -0.4 is 16.0 Å². The van der Waals surface area contributed by atoms with Crippen molar-refractivity contribution in [3.8, 4) is 0 Å². The summed E-state index contributed by atoms with van der Waals surface area (Å²) in [6.45, 7) is 3.54. The van der Waals surface area contributed by atoms with Crippen LogP contribution in [0.1, 0.15) is 52.5 Å². The molecule has 27 heavy (non-hydrogen) atoms. The molecule has 3 atom stereocenters. The number of piperidine rings is 1. The monoisotopic (exact) mass is 370 g/mol. The van der Waals surface area contributed by atoms with Crippen molar-refractivity contribution in [1.29, 1.82) is 0 Å². The van der Waals surface area contributed by atoms with Crippen molar-refractivity contribution in [2.45, 2.75) is 50.9 Å². The third-order valence-corrected chi connectivity index (χ3v) is 5.63. The van der Waals surface area contributed by atoms with Crippen molar-refractivity contribution in [1.82, 2.24) is 20.9 Å². The number of benzene rings is 1. The van der Waals surface area contributed by atoms with Gasteiger partial charge in [0.2, 0.25) is 11.8 Å². The number of fused-ring (bicyclic) bond motifs is 1. The maximum absolute atomic E-state index is 13.0. The van der Waals surface area contributed by atoms with Crippen molar-refractivity contribution < 1.29 is 19.2 Å². The lowest BCUT2D eigenvalue weighted by Gasteiger charge is -2.27. The first-order valence-electron chi connectivity index (χ1n) is 9.27. The van der Waals surface area contributed by atoms with Gasteiger partial charge >= 0.3 is 0 Å². The number of carbonyl (C=O) groups excluding carboxylic acids is 4. The normalized spacial score (nSPS) is 27.9. The Balaban J connectivity index is 1.58. The first kappa shape index (κ1) is 17.8. The Morgan fingerprint density at radius 1 is 1.15 bits per heavy atom. The molecule has 142 valence electrons. The summed E-state index contributed by atoms with van der Waals surface area (Å²) in [5.41, 5.74) is 1.43. The average molecular weight is 370 g/mol. The van der Waals surface area contributed by atoms with E-state index in [9.17, 15) is 19.2 Å². The Kier molecular flexibility index (Phi) is 4.53. The number of nitrogens with zero attached hydrogens (tertiary/aromatic N) is 1. The minimum Gasteiger partial charge on any atom is -0.313 e. The highest BCUT2D eigenvalue weighted by atomic mass is 16.2. The number of amides is 4. The molecule has 2 saturated heterocycles. The molecule has 0 saturated carbocycles. The van der Waals surface area contributed by atoms with Gasteiger partial charge in [-0.3, -0.25) is 29.4 Å². The zero-order chi connectivity index (χ0) is 19.1. The molecule has 8 heteroatoms. The van der Waals surface area contributed by atoms with Gasteiger partial charge in [0.1, 0.15) is 6.04 Å². The summed E-state index contributed by atoms with van der Waals surface area (Å²) < 4.78 is 0. The van der Waals surface area contributed by atoms with Crippen molar-refractivity contribution >= 4 is 23.6 Å². The zero-order valence-corrected chi connectivity index (χ0v) is 15.1. The fraction of sp³-hybridized carbons (Fsp3) is 0.474. The molecule has 0 radical (unpaired) electrons. The lowest BCUT2D eigenvalue weighted by molar-refractivity contribution is -0.136. The molecule has 0 aliphatic carbocycles. The van der Waals surface area contributed by atoms with E-state index in [0.717, 1.165) is 23.4 Å². The smallest absolute Gasteiger partial charge is 0.262 e. The molecule has 0 spiro atoms. The summed E-state index contributed by atoms with van der Waals surface area (Å²) in [5, 5.41) is 9.03. The quantitative estimate of drug-likeness (QED) is 0.641. The molecular formula is C19H22N4O4. The number of rotatable bonds is 4. The van der Waals surface area contributed by atoms with Crippen LogP contribution in [0.15, 0.2) is 18.2 Å². The molecule has 8 nitrogen and oxygen atoms in total. The summed E-state index contributed by atoms with van der Waals surface area (Å²) in [5.74, 6) is -1.90. The van der Waals surface area contributed by atoms with E-state index in [-0.39, 0.29) is 18.7 Å². The van der Waals surface area contributed by atoms with Crippen LogP contribution in [0, 0.1) is 0 Å². The molecule has 3 aliphatic rings. The molecule has 0 bridgehead atoms. The summed E-state index contributed by atoms with van der Waals surface area (Å²) in [4.78, 5) is 50.4. The summed E-state index contributed by atoms with van der Waals surface area (Å²) in [6.07, 6.45) is 1.28. The summed E-state index contributed by atoms with van der Waals surface area (Å²) >= 11 is 0. The Bertz CT molecular complexity index is 837. The van der Waals surface area contributed by atoms with E-state index < -0.39 is 23.8 Å². The third kappa shape index (κ3) is 3.04. The minimum atomic E-state index is -0.935. The first-order valence-corrected chi connectivity index (χ1v) is 9.27. The van der Waals surface area contributed by atoms with Crippen LogP contribution in [0.4, 0.5) is 0 Å². The van der Waals surface area contributed by atoms with Gasteiger partial charge < -0.3 is 10.6 Å². The second-order valence-corrected chi connectivity index (χ2v) is 7.31. The average Bonchev–Trinajstić information content (AvgIpc) is 3.16. The van der Waals surface area contributed by atoms with Crippen LogP contribution in [0.25, 0.3) is 0 Å². The predicted octanol–water partition coefficient (Wildman–Crippen LogP) is -0.0722. The fourth-order valence-corrected chi connectivity index (χ4v) is 4.11. The van der Waals surface area contributed by atoms with Crippen LogP contribution in [-0.4, -0.2) is 53.2 Å². The van der Waals surface area contributed by atoms with Gasteiger partial charge in [0, 0.05) is 25.0 Å². The van der Waals surface area contributed by atoms with Crippen molar-refractivity contribution in [3.05, 3.63) is 34.9 Å². The van der Waals surface area contributed by atoms with Gasteiger partial charge in [0.25, 0.3) is 11.8 Å². The Morgan fingerprint density at radius 3 is 2.67 bits per heavy atom. The number of nitrogens with one attached hydrogen (secondary N) is 3. The third-order valence-electron chi connectivity index (χ3n) is 5.63. The second kappa shape index (κ2) is 6.86. The minimum absolute atomic E-state index is 0.116. The van der Waals surface area contributed by atoms with Gasteiger partial charge in [0.05, 0.1) is 11.1 Å². The largest absolute Gasteiger partial charge is 0.313 e. The number of hydrogen-bond acceptors (Lipinski definition) is 6. The van der Waals surface area contributed by atoms with Gasteiger partial charge in [-0.15, -0.1) is 0 Å². The maximum Gasteiger partial charge on any atom is 0.262 e. The highest BCUT2D eigenvalue weighted by Gasteiger charge is 2.45. The van der Waals surface area contributed by atoms with Gasteiger partial charge in [0.15, 0.2) is 0 Å². The molecule has 0 aromatic heterocycles. The van der Waals surface area contributed by atoms with Crippen LogP contribution in [0.3, 0.4) is 0 Å². The standard InChI is InChI=1S/C19H22N4O4/c1-10-13(7-8-20-10)21-9-11-3-2-4-12-16(11)19(27)23(18(12)26)14-5-6-15(24)22-17(14)25/h2-4,10,13-14,20-21H,5-9H2,1H3,(H,22,24,25)/t10-,13+,14?/m0/s1. The van der Waals surface area contributed by atoms with Crippen molar-refractivity contribution in [2.75, 3.05) is 6.54 Å². The van der Waals surface area contributed by atoms with Crippen molar-refractivity contribution in [3.63, 3.8) is 0 Å². The van der Waals surface area contributed by atoms with Crippen LogP contribution >= 0.6 is 0 Å². The fourth-order valence-electron chi connectivity index (χ4n) is 4.11. The van der Waals surface area contributed by atoms with Crippen LogP contribution in [-0.2, 0) is 16.1 Å². The van der Waals surface area contributed by atoms with Gasteiger partial charge in [-0.25, -0.2) is 0 Å². The van der Waals surface area contributed by atoms with E-state index in [0.29, 0.717) is 29.8 Å². The van der Waals surface area contributed by atoms with Crippen molar-refractivity contribution in [2.24, 2.45) is 0 Å². The highest BCUT2D eigenvalue weighted by Crippen LogP contribution is 2.30. The lowest BCUT2D eigenvalue weighted by atomic mass is 10.0. The Morgan fingerprint density at radius 2 is 1.96 bits per heavy atom. The maximum atomic E-state index is 13.0. The number of imide groups is 2. The van der Waals surface area contributed by atoms with Gasteiger partial charge in [-0.2, -0.15) is 0 Å². The molecule has 3 N–H and O–H groups in total. The molecule has 1 unspecified atom stereocenters. The second-order valence-electron chi connectivity index (χ2n) is 7.31. The first-order chi connectivity index (χ1) is 13.0. The molecule has 2 fully saturated rings. The zero-order valence-electron chi connectivity index (χ0n) is 15.1. The molecule has 4 rings (SSSR count). The van der Waals surface area contributed by atoms with E-state index >= 15 is 0 Å². The van der Waals surface area contributed by atoms with Gasteiger partial charge in [-0.1, -0.05) is 12.1 Å². The van der Waals surface area contributed by atoms with E-state index in [4.69, 9.17) is 0 Å². The van der Waals surface area contributed by atoms with E-state index in [1.165, 1.54) is 0 Å². The van der Waals surface area contributed by atoms with E-state index in [1.807, 2.05) is 6.07 Å². The Labute approximate surface area is 156 Å². The van der Waals surface area contributed by atoms with Crippen LogP contribution in [0.5, 0.6) is 0 Å². The molecule has 1 aromatic carbocycles. The van der Waals surface area contributed by atoms with Gasteiger partial charge in [-0.05, 0) is 37.9 Å². The van der Waals surface area contributed by atoms with E-state index in [2.05, 4.69) is 22.9 Å². The molecule has 3 aliphatic heterocycles. The topological polar surface area (TPSA) is 108 Å². The molecular weight excluding hydrogens is 348 g/mol. The molecule has 1 aromatic rings. The SMILES string of the molecule is C[C@@H]1NCC[C@H]1NCc1cccc2c1C(=O)N(C1CCC(=O)NC1=O)C2=O.